The zero-order valence-electron chi connectivity index (χ0n) is 15.6. The fourth-order valence-corrected chi connectivity index (χ4v) is 3.28. The van der Waals surface area contributed by atoms with E-state index in [1.165, 1.54) is 47.3 Å². The van der Waals surface area contributed by atoms with E-state index < -0.39 is 22.3 Å². The second-order valence-electron chi connectivity index (χ2n) is 7.07. The predicted molar refractivity (Wildman–Crippen MR) is 102 cm³/mol. The molecule has 1 aromatic heterocycles. The summed E-state index contributed by atoms with van der Waals surface area (Å²) in [6.45, 7) is 1.96. The van der Waals surface area contributed by atoms with Crippen LogP contribution in [0.4, 0.5) is 18.9 Å². The third kappa shape index (κ3) is 3.76. The van der Waals surface area contributed by atoms with Crippen molar-refractivity contribution >= 4 is 11.8 Å². The fourth-order valence-electron chi connectivity index (χ4n) is 3.28. The largest absolute Gasteiger partial charge is 0.481 e. The van der Waals surface area contributed by atoms with Crippen LogP contribution in [0.15, 0.2) is 54.7 Å². The van der Waals surface area contributed by atoms with Gasteiger partial charge in [-0.25, -0.2) is 4.68 Å². The van der Waals surface area contributed by atoms with Gasteiger partial charge in [0.2, 0.25) is 0 Å². The van der Waals surface area contributed by atoms with Crippen LogP contribution in [0.5, 0.6) is 5.75 Å². The molecule has 3 aromatic rings. The summed E-state index contributed by atoms with van der Waals surface area (Å²) in [5.74, 6) is 0.466. The zero-order valence-corrected chi connectivity index (χ0v) is 15.6. The number of benzene rings is 2. The molecule has 0 radical (unpaired) electrons. The molecule has 30 heavy (non-hydrogen) atoms. The first-order valence-corrected chi connectivity index (χ1v) is 8.88. The topological polar surface area (TPSA) is 83.1 Å². The van der Waals surface area contributed by atoms with Crippen LogP contribution < -0.4 is 4.74 Å². The van der Waals surface area contributed by atoms with Gasteiger partial charge >= 0.3 is 6.18 Å². The molecule has 0 fully saturated rings. The lowest BCUT2D eigenvalue weighted by Crippen LogP contribution is -2.37. The Labute approximate surface area is 168 Å². The number of hydrogen-bond donors (Lipinski definition) is 0. The SMILES string of the molecule is CC1(Cn2cc(-c3ccccc3C(F)(F)F)nn2)C=Cc2cc([N+](=O)[O-])ccc2O1. The molecule has 0 aliphatic carbocycles. The predicted octanol–water partition coefficient (Wildman–Crippen LogP) is 4.74. The average Bonchev–Trinajstić information content (AvgIpc) is 3.14. The minimum absolute atomic E-state index is 0.0464. The summed E-state index contributed by atoms with van der Waals surface area (Å²) in [6, 6.07) is 9.45. The van der Waals surface area contributed by atoms with Gasteiger partial charge in [0.25, 0.3) is 5.69 Å². The molecule has 2 aromatic carbocycles. The Morgan fingerprint density at radius 3 is 2.73 bits per heavy atom. The highest BCUT2D eigenvalue weighted by Crippen LogP contribution is 2.37. The van der Waals surface area contributed by atoms with Gasteiger partial charge in [-0.05, 0) is 25.1 Å². The molecule has 154 valence electrons. The van der Waals surface area contributed by atoms with Gasteiger partial charge in [-0.1, -0.05) is 29.5 Å². The first-order valence-electron chi connectivity index (χ1n) is 8.88. The van der Waals surface area contributed by atoms with Crippen molar-refractivity contribution in [1.29, 1.82) is 0 Å². The Bertz CT molecular complexity index is 1160. The molecule has 1 aliphatic heterocycles. The number of nitro benzene ring substituents is 1. The molecule has 0 N–H and O–H groups in total. The van der Waals surface area contributed by atoms with E-state index in [1.54, 1.807) is 19.1 Å². The maximum Gasteiger partial charge on any atom is 0.417 e. The summed E-state index contributed by atoms with van der Waals surface area (Å²) >= 11 is 0. The quantitative estimate of drug-likeness (QED) is 0.453. The van der Waals surface area contributed by atoms with Gasteiger partial charge in [0.15, 0.2) is 0 Å². The van der Waals surface area contributed by atoms with Crippen molar-refractivity contribution in [3.8, 4) is 17.0 Å². The summed E-state index contributed by atoms with van der Waals surface area (Å²) in [7, 11) is 0. The lowest BCUT2D eigenvalue weighted by molar-refractivity contribution is -0.384. The van der Waals surface area contributed by atoms with E-state index in [0.29, 0.717) is 11.3 Å². The van der Waals surface area contributed by atoms with Crippen molar-refractivity contribution in [3.05, 3.63) is 76.0 Å². The van der Waals surface area contributed by atoms with Gasteiger partial charge in [-0.15, -0.1) is 5.10 Å². The number of hydrogen-bond acceptors (Lipinski definition) is 5. The van der Waals surface area contributed by atoms with Gasteiger partial charge in [-0.2, -0.15) is 13.2 Å². The van der Waals surface area contributed by atoms with Crippen LogP contribution in [0.2, 0.25) is 0 Å². The molecular weight excluding hydrogens is 401 g/mol. The first kappa shape index (κ1) is 19.6. The Kier molecular flexibility index (Phi) is 4.56. The number of nitro groups is 1. The number of alkyl halides is 3. The monoisotopic (exact) mass is 416 g/mol. The van der Waals surface area contributed by atoms with Gasteiger partial charge in [0, 0.05) is 23.3 Å². The molecule has 4 rings (SSSR count). The number of rotatable bonds is 4. The van der Waals surface area contributed by atoms with E-state index in [9.17, 15) is 23.3 Å². The lowest BCUT2D eigenvalue weighted by Gasteiger charge is -2.31. The number of aromatic nitrogens is 3. The Morgan fingerprint density at radius 2 is 2.00 bits per heavy atom. The Morgan fingerprint density at radius 1 is 1.23 bits per heavy atom. The third-order valence-electron chi connectivity index (χ3n) is 4.69. The van der Waals surface area contributed by atoms with Crippen LogP contribution in [0.3, 0.4) is 0 Å². The average molecular weight is 416 g/mol. The van der Waals surface area contributed by atoms with E-state index >= 15 is 0 Å². The van der Waals surface area contributed by atoms with E-state index in [0.717, 1.165) is 6.07 Å². The molecule has 7 nitrogen and oxygen atoms in total. The number of non-ortho nitro benzene ring substituents is 1. The zero-order chi connectivity index (χ0) is 21.5. The normalized spacial score (nSPS) is 18.0. The van der Waals surface area contributed by atoms with Crippen molar-refractivity contribution in [2.45, 2.75) is 25.2 Å². The van der Waals surface area contributed by atoms with Crippen molar-refractivity contribution in [2.75, 3.05) is 0 Å². The second-order valence-corrected chi connectivity index (χ2v) is 7.07. The minimum Gasteiger partial charge on any atom is -0.481 e. The molecule has 0 saturated heterocycles. The maximum atomic E-state index is 13.3. The smallest absolute Gasteiger partial charge is 0.417 e. The van der Waals surface area contributed by atoms with Crippen LogP contribution in [0.25, 0.3) is 17.3 Å². The van der Waals surface area contributed by atoms with Gasteiger partial charge < -0.3 is 4.74 Å². The number of nitrogens with zero attached hydrogens (tertiary/aromatic N) is 4. The standard InChI is InChI=1S/C20H15F3N4O3/c1-19(9-8-13-10-14(27(28)29)6-7-18(13)30-19)12-26-11-17(24-25-26)15-4-2-3-5-16(15)20(21,22)23/h2-11H,12H2,1H3. The van der Waals surface area contributed by atoms with Crippen LogP contribution >= 0.6 is 0 Å². The highest BCUT2D eigenvalue weighted by atomic mass is 19.4. The second kappa shape index (κ2) is 6.97. The van der Waals surface area contributed by atoms with Crippen LogP contribution in [0, 0.1) is 10.1 Å². The molecule has 1 unspecified atom stereocenters. The summed E-state index contributed by atoms with van der Waals surface area (Å²) in [5.41, 5.74) is -1.08. The molecule has 0 bridgehead atoms. The van der Waals surface area contributed by atoms with Crippen LogP contribution in [-0.4, -0.2) is 25.5 Å². The first-order chi connectivity index (χ1) is 14.1. The molecule has 2 heterocycles. The fraction of sp³-hybridized carbons (Fsp3) is 0.200. The van der Waals surface area contributed by atoms with Crippen molar-refractivity contribution < 1.29 is 22.8 Å². The van der Waals surface area contributed by atoms with Crippen LogP contribution in [-0.2, 0) is 12.7 Å². The third-order valence-corrected chi connectivity index (χ3v) is 4.69. The Hall–Kier alpha value is -3.69. The number of fused-ring (bicyclic) bond motifs is 1. The molecule has 1 aliphatic rings. The molecule has 1 atom stereocenters. The maximum absolute atomic E-state index is 13.3. The summed E-state index contributed by atoms with van der Waals surface area (Å²) in [6.07, 6.45) is 0.360. The van der Waals surface area contributed by atoms with Crippen molar-refractivity contribution in [2.24, 2.45) is 0 Å². The van der Waals surface area contributed by atoms with E-state index in [1.807, 2.05) is 0 Å². The molecule has 0 amide bonds. The van der Waals surface area contributed by atoms with E-state index in [-0.39, 0.29) is 23.5 Å². The van der Waals surface area contributed by atoms with E-state index in [4.69, 9.17) is 4.74 Å². The minimum atomic E-state index is -4.51. The van der Waals surface area contributed by atoms with Gasteiger partial charge in [-0.3, -0.25) is 10.1 Å². The Balaban J connectivity index is 1.58. The highest BCUT2D eigenvalue weighted by Gasteiger charge is 2.34. The lowest BCUT2D eigenvalue weighted by atomic mass is 10.00. The molecule has 10 heteroatoms. The van der Waals surface area contributed by atoms with Crippen molar-refractivity contribution in [3.63, 3.8) is 0 Å². The molecule has 0 spiro atoms. The van der Waals surface area contributed by atoms with Crippen molar-refractivity contribution in [1.82, 2.24) is 15.0 Å². The number of ether oxygens (including phenoxy) is 1. The molecule has 0 saturated carbocycles. The molecular formula is C20H15F3N4O3. The van der Waals surface area contributed by atoms with Gasteiger partial charge in [0.1, 0.15) is 17.0 Å². The number of halogens is 3. The summed E-state index contributed by atoms with van der Waals surface area (Å²) in [4.78, 5) is 10.4. The van der Waals surface area contributed by atoms with E-state index in [2.05, 4.69) is 10.3 Å². The van der Waals surface area contributed by atoms with Gasteiger partial charge in [0.05, 0.1) is 23.2 Å². The summed E-state index contributed by atoms with van der Waals surface area (Å²) in [5, 5.41) is 18.7. The van der Waals surface area contributed by atoms with Crippen LogP contribution in [0.1, 0.15) is 18.1 Å². The highest BCUT2D eigenvalue weighted by molar-refractivity contribution is 5.64. The summed E-state index contributed by atoms with van der Waals surface area (Å²) < 4.78 is 47.2.